The highest BCUT2D eigenvalue weighted by Gasteiger charge is 2.58. The van der Waals surface area contributed by atoms with Gasteiger partial charge in [-0.2, -0.15) is 0 Å². The van der Waals surface area contributed by atoms with E-state index < -0.39 is 75.7 Å². The molecule has 0 radical (unpaired) electrons. The monoisotopic (exact) mass is 811 g/mol. The Morgan fingerprint density at radius 2 is 1.69 bits per heavy atom. The second kappa shape index (κ2) is 15.6. The van der Waals surface area contributed by atoms with Gasteiger partial charge in [0.1, 0.15) is 17.8 Å². The molecule has 0 aromatic rings. The van der Waals surface area contributed by atoms with Crippen molar-refractivity contribution in [2.24, 2.45) is 17.8 Å². The minimum absolute atomic E-state index is 0.0509. The minimum Gasteiger partial charge on any atom is -0.448 e. The lowest BCUT2D eigenvalue weighted by Gasteiger charge is -2.50. The van der Waals surface area contributed by atoms with Crippen molar-refractivity contribution < 1.29 is 43.8 Å². The predicted octanol–water partition coefficient (Wildman–Crippen LogP) is 3.27. The molecule has 4 saturated heterocycles. The normalized spacial score (nSPS) is 46.6. The molecule has 12 nitrogen and oxygen atoms in total. The number of esters is 1. The minimum atomic E-state index is -1.71. The van der Waals surface area contributed by atoms with Crippen LogP contribution in [0.4, 0.5) is 0 Å². The van der Waals surface area contributed by atoms with Crippen LogP contribution in [0.5, 0.6) is 0 Å². The molecule has 1 spiro atoms. The molecule has 4 N–H and O–H groups in total. The maximum atomic E-state index is 14.0. The summed E-state index contributed by atoms with van der Waals surface area (Å²) in [4.78, 5) is 18.2. The highest BCUT2D eigenvalue weighted by atomic mass is 127. The standard InChI is InChI=1S/C36H66IN3O9/c1-20-18-34(9)29(46-31-26(41)25(17-21(2)45-31)40(12)33(6,7)8)22(3)27(48-36(49-34)13-15-38-16-14-36)23(4)30(43)47-32(37)35(10,44)28(42)24(5)39(11)19-20/h20-29,31-32,38,41-42,44H,13-19H2,1-12H3/t20-,21-,22+,23-,24-,25+,26-,27+,28-,29-,31+,32+,34+,35+/m1/s1. The summed E-state index contributed by atoms with van der Waals surface area (Å²) in [6, 6.07) is -0.646. The fourth-order valence-corrected chi connectivity index (χ4v) is 9.13. The number of nitrogens with zero attached hydrogens (tertiary/aromatic N) is 2. The number of rotatable bonds is 3. The van der Waals surface area contributed by atoms with E-state index in [0.717, 1.165) is 0 Å². The van der Waals surface area contributed by atoms with Crippen LogP contribution in [0, 0.1) is 17.8 Å². The zero-order valence-electron chi connectivity index (χ0n) is 31.9. The largest absolute Gasteiger partial charge is 0.448 e. The molecule has 49 heavy (non-hydrogen) atoms. The van der Waals surface area contributed by atoms with Crippen LogP contribution in [0.2, 0.25) is 0 Å². The van der Waals surface area contributed by atoms with Crippen molar-refractivity contribution in [3.8, 4) is 0 Å². The Balaban J connectivity index is 1.82. The number of ether oxygens (including phenoxy) is 5. The number of likely N-dealkylation sites (N-methyl/N-ethyl adjacent to an activating group) is 2. The van der Waals surface area contributed by atoms with Crippen LogP contribution in [0.3, 0.4) is 0 Å². The van der Waals surface area contributed by atoms with Gasteiger partial charge in [0.15, 0.2) is 16.2 Å². The summed E-state index contributed by atoms with van der Waals surface area (Å²) in [6.07, 6.45) is -2.18. The molecule has 286 valence electrons. The third-order valence-corrected chi connectivity index (χ3v) is 13.3. The predicted molar refractivity (Wildman–Crippen MR) is 195 cm³/mol. The number of aliphatic hydroxyl groups excluding tert-OH is 2. The molecule has 4 aliphatic rings. The summed E-state index contributed by atoms with van der Waals surface area (Å²) >= 11 is 1.90. The second-order valence-electron chi connectivity index (χ2n) is 17.2. The Kier molecular flexibility index (Phi) is 13.3. The van der Waals surface area contributed by atoms with E-state index in [1.807, 2.05) is 62.4 Å². The molecule has 0 aromatic heterocycles. The molecule has 0 unspecified atom stereocenters. The molecule has 0 aromatic carbocycles. The van der Waals surface area contributed by atoms with Gasteiger partial charge in [-0.1, -0.05) is 13.8 Å². The second-order valence-corrected chi connectivity index (χ2v) is 18.3. The maximum absolute atomic E-state index is 14.0. The number of carbonyl (C=O) groups excluding carboxylic acids is 1. The molecular formula is C36H66IN3O9. The van der Waals surface area contributed by atoms with E-state index >= 15 is 0 Å². The number of fused-ring (bicyclic) bond motifs is 3. The molecule has 4 rings (SSSR count). The molecule has 13 heteroatoms. The molecule has 0 amide bonds. The number of nitrogens with one attached hydrogen (secondary N) is 1. The highest BCUT2D eigenvalue weighted by molar-refractivity contribution is 14.1. The Morgan fingerprint density at radius 1 is 1.08 bits per heavy atom. The number of piperidine rings is 1. The van der Waals surface area contributed by atoms with E-state index in [0.29, 0.717) is 45.3 Å². The smallest absolute Gasteiger partial charge is 0.312 e. The van der Waals surface area contributed by atoms with Crippen molar-refractivity contribution in [2.45, 2.75) is 170 Å². The van der Waals surface area contributed by atoms with Crippen LogP contribution in [0.15, 0.2) is 0 Å². The maximum Gasteiger partial charge on any atom is 0.312 e. The van der Waals surface area contributed by atoms with Gasteiger partial charge in [0.2, 0.25) is 0 Å². The number of hydrogen-bond donors (Lipinski definition) is 4. The Morgan fingerprint density at radius 3 is 2.29 bits per heavy atom. The lowest BCUT2D eigenvalue weighted by Crippen LogP contribution is -2.62. The van der Waals surface area contributed by atoms with E-state index in [2.05, 4.69) is 44.8 Å². The molecule has 4 aliphatic heterocycles. The summed E-state index contributed by atoms with van der Waals surface area (Å²) < 4.78 is 32.6. The first-order valence-corrected chi connectivity index (χ1v) is 19.5. The average Bonchev–Trinajstić information content (AvgIpc) is 3.08. The van der Waals surface area contributed by atoms with Gasteiger partial charge in [0.05, 0.1) is 29.8 Å². The molecular weight excluding hydrogens is 745 g/mol. The van der Waals surface area contributed by atoms with Crippen LogP contribution < -0.4 is 5.32 Å². The summed E-state index contributed by atoms with van der Waals surface area (Å²) in [7, 11) is 3.96. The van der Waals surface area contributed by atoms with Crippen molar-refractivity contribution in [2.75, 3.05) is 33.7 Å². The van der Waals surface area contributed by atoms with Crippen molar-refractivity contribution in [3.63, 3.8) is 0 Å². The Bertz CT molecular complexity index is 1120. The summed E-state index contributed by atoms with van der Waals surface area (Å²) in [5.74, 6) is -2.66. The Labute approximate surface area is 308 Å². The lowest BCUT2D eigenvalue weighted by molar-refractivity contribution is -0.329. The van der Waals surface area contributed by atoms with Crippen LogP contribution in [-0.4, -0.2) is 140 Å². The van der Waals surface area contributed by atoms with Crippen molar-refractivity contribution in [1.29, 1.82) is 0 Å². The van der Waals surface area contributed by atoms with Gasteiger partial charge in [-0.05, 0) is 111 Å². The molecule has 0 saturated carbocycles. The first-order valence-electron chi connectivity index (χ1n) is 18.3. The van der Waals surface area contributed by atoms with E-state index in [4.69, 9.17) is 23.7 Å². The lowest BCUT2D eigenvalue weighted by atomic mass is 9.78. The molecule has 0 aliphatic carbocycles. The van der Waals surface area contributed by atoms with Crippen LogP contribution in [0.1, 0.15) is 94.9 Å². The summed E-state index contributed by atoms with van der Waals surface area (Å²) in [5.41, 5.74) is -2.83. The summed E-state index contributed by atoms with van der Waals surface area (Å²) in [6.45, 7) is 21.8. The number of alkyl halides is 1. The third kappa shape index (κ3) is 8.96. The fraction of sp³-hybridized carbons (Fsp3) is 0.972. The first-order chi connectivity index (χ1) is 22.5. The quantitative estimate of drug-likeness (QED) is 0.189. The van der Waals surface area contributed by atoms with Gasteiger partial charge in [-0.3, -0.25) is 9.69 Å². The first kappa shape index (κ1) is 41.6. The van der Waals surface area contributed by atoms with E-state index in [-0.39, 0.29) is 23.6 Å². The van der Waals surface area contributed by atoms with E-state index in [9.17, 15) is 20.1 Å². The molecule has 4 heterocycles. The zero-order chi connectivity index (χ0) is 36.9. The Hall–Kier alpha value is -0.200. The van der Waals surface area contributed by atoms with Crippen molar-refractivity contribution in [3.05, 3.63) is 0 Å². The number of cyclic esters (lactones) is 1. The van der Waals surface area contributed by atoms with Gasteiger partial charge in [-0.15, -0.1) is 0 Å². The van der Waals surface area contributed by atoms with E-state index in [1.165, 1.54) is 6.92 Å². The van der Waals surface area contributed by atoms with Crippen molar-refractivity contribution >= 4 is 28.6 Å². The van der Waals surface area contributed by atoms with Crippen molar-refractivity contribution in [1.82, 2.24) is 15.1 Å². The number of aliphatic hydroxyl groups is 3. The highest BCUT2D eigenvalue weighted by Crippen LogP contribution is 2.47. The van der Waals surface area contributed by atoms with Crippen LogP contribution >= 0.6 is 22.6 Å². The van der Waals surface area contributed by atoms with Gasteiger partial charge in [-0.25, -0.2) is 0 Å². The van der Waals surface area contributed by atoms with Gasteiger partial charge >= 0.3 is 5.97 Å². The molecule has 4 fully saturated rings. The van der Waals surface area contributed by atoms with Gasteiger partial charge in [0.25, 0.3) is 0 Å². The van der Waals surface area contributed by atoms with E-state index in [1.54, 1.807) is 6.92 Å². The zero-order valence-corrected chi connectivity index (χ0v) is 34.1. The fourth-order valence-electron chi connectivity index (χ4n) is 8.51. The average molecular weight is 812 g/mol. The SMILES string of the molecule is C[C@H]1CN(C)[C@H](C)[C@@H](O)[C@](C)(O)[C@@H](I)OC(=O)[C@H](C)[C@H]2OC3(CCNCC3)O[C@@](C)(C1)[C@H](O[C@@H]1O[C@H](C)C[C@H](N(C)C(C)(C)C)[C@H]1O)[C@H]2C. The van der Waals surface area contributed by atoms with Gasteiger partial charge in [0, 0.05) is 56.0 Å². The molecule has 2 bridgehead atoms. The van der Waals surface area contributed by atoms with Gasteiger partial charge < -0.3 is 49.2 Å². The number of halogens is 1. The number of hydrogen-bond acceptors (Lipinski definition) is 12. The third-order valence-electron chi connectivity index (χ3n) is 11.8. The van der Waals surface area contributed by atoms with Crippen LogP contribution in [-0.2, 0) is 28.5 Å². The topological polar surface area (TPSA) is 142 Å². The number of carbonyl (C=O) groups is 1. The van der Waals surface area contributed by atoms with Crippen LogP contribution in [0.25, 0.3) is 0 Å². The summed E-state index contributed by atoms with van der Waals surface area (Å²) in [5, 5.41) is 38.2. The molecule has 14 atom stereocenters.